The summed E-state index contributed by atoms with van der Waals surface area (Å²) in [4.78, 5) is 8.90. The maximum absolute atomic E-state index is 12.3. The molecule has 6 nitrogen and oxygen atoms in total. The van der Waals surface area contributed by atoms with Crippen molar-refractivity contribution < 1.29 is 13.2 Å². The molecule has 2 aromatic rings. The molecule has 0 saturated carbocycles. The zero-order chi connectivity index (χ0) is 14.9. The zero-order valence-corrected chi connectivity index (χ0v) is 14.2. The van der Waals surface area contributed by atoms with E-state index in [1.54, 1.807) is 26.0 Å². The molecule has 0 radical (unpaired) electrons. The first-order chi connectivity index (χ1) is 9.31. The number of anilines is 1. The van der Waals surface area contributed by atoms with Gasteiger partial charge < -0.3 is 4.74 Å². The maximum Gasteiger partial charge on any atom is 0.265 e. The minimum Gasteiger partial charge on any atom is -0.481 e. The van der Waals surface area contributed by atoms with Gasteiger partial charge in [0.1, 0.15) is 4.90 Å². The van der Waals surface area contributed by atoms with Crippen LogP contribution >= 0.6 is 27.3 Å². The van der Waals surface area contributed by atoms with Gasteiger partial charge in [-0.3, -0.25) is 0 Å². The highest BCUT2D eigenvalue weighted by Gasteiger charge is 2.21. The highest BCUT2D eigenvalue weighted by molar-refractivity contribution is 9.11. The molecule has 0 aromatic carbocycles. The molecule has 0 unspecified atom stereocenters. The van der Waals surface area contributed by atoms with Crippen LogP contribution in [0, 0.1) is 13.8 Å². The minimum absolute atomic E-state index is 0.0106. The zero-order valence-electron chi connectivity index (χ0n) is 11.0. The van der Waals surface area contributed by atoms with E-state index in [0.29, 0.717) is 16.5 Å². The van der Waals surface area contributed by atoms with Crippen LogP contribution in [0.1, 0.15) is 10.6 Å². The average Bonchev–Trinajstić information content (AvgIpc) is 2.67. The molecule has 2 heterocycles. The third-order valence-electron chi connectivity index (χ3n) is 2.40. The van der Waals surface area contributed by atoms with E-state index >= 15 is 0 Å². The Kier molecular flexibility index (Phi) is 4.31. The summed E-state index contributed by atoms with van der Waals surface area (Å²) < 4.78 is 32.7. The minimum atomic E-state index is -3.72. The Labute approximate surface area is 129 Å². The van der Waals surface area contributed by atoms with Gasteiger partial charge in [0.25, 0.3) is 10.0 Å². The molecule has 20 heavy (non-hydrogen) atoms. The second kappa shape index (κ2) is 5.66. The van der Waals surface area contributed by atoms with Crippen molar-refractivity contribution in [2.45, 2.75) is 18.7 Å². The number of thiophene rings is 1. The van der Waals surface area contributed by atoms with Gasteiger partial charge in [-0.1, -0.05) is 0 Å². The second-order valence-electron chi connectivity index (χ2n) is 3.95. The first-order valence-corrected chi connectivity index (χ1v) is 8.59. The lowest BCUT2D eigenvalue weighted by molar-refractivity contribution is 0.397. The third-order valence-corrected chi connectivity index (χ3v) is 5.53. The van der Waals surface area contributed by atoms with E-state index in [0.717, 1.165) is 3.79 Å². The maximum atomic E-state index is 12.3. The Morgan fingerprint density at radius 2 is 2.00 bits per heavy atom. The monoisotopic (exact) mass is 377 g/mol. The number of nitrogens with one attached hydrogen (secondary N) is 1. The van der Waals surface area contributed by atoms with Crippen molar-refractivity contribution in [2.75, 3.05) is 11.8 Å². The second-order valence-corrected chi connectivity index (χ2v) is 8.24. The number of aromatic nitrogens is 2. The summed E-state index contributed by atoms with van der Waals surface area (Å²) in [6.07, 6.45) is 0. The number of aryl methyl sites for hydroxylation is 2. The Balaban J connectivity index is 2.38. The van der Waals surface area contributed by atoms with Gasteiger partial charge in [0.2, 0.25) is 11.8 Å². The van der Waals surface area contributed by atoms with Gasteiger partial charge in [-0.05, 0) is 35.8 Å². The molecule has 2 rings (SSSR count). The quantitative estimate of drug-likeness (QED) is 0.885. The first kappa shape index (κ1) is 15.2. The molecule has 2 aromatic heterocycles. The Morgan fingerprint density at radius 3 is 2.55 bits per heavy atom. The Hall–Kier alpha value is -1.19. The van der Waals surface area contributed by atoms with Crippen LogP contribution in [0.15, 0.2) is 20.8 Å². The lowest BCUT2D eigenvalue weighted by atomic mass is 10.4. The number of halogens is 1. The molecule has 0 atom stereocenters. The van der Waals surface area contributed by atoms with Crippen molar-refractivity contribution in [3.8, 4) is 5.88 Å². The number of hydrogen-bond donors (Lipinski definition) is 1. The Bertz CT molecular complexity index is 743. The van der Waals surface area contributed by atoms with Crippen LogP contribution < -0.4 is 9.46 Å². The summed E-state index contributed by atoms with van der Waals surface area (Å²) in [5.41, 5.74) is 0.609. The molecule has 0 aliphatic rings. The van der Waals surface area contributed by atoms with E-state index in [9.17, 15) is 8.42 Å². The van der Waals surface area contributed by atoms with Gasteiger partial charge in [-0.2, -0.15) is 4.98 Å². The molecule has 0 spiro atoms. The van der Waals surface area contributed by atoms with Crippen LogP contribution in [0.2, 0.25) is 0 Å². The summed E-state index contributed by atoms with van der Waals surface area (Å²) in [5.74, 6) is 0.294. The summed E-state index contributed by atoms with van der Waals surface area (Å²) >= 11 is 4.62. The average molecular weight is 378 g/mol. The van der Waals surface area contributed by atoms with Gasteiger partial charge in [-0.25, -0.2) is 18.1 Å². The molecule has 1 N–H and O–H groups in total. The first-order valence-electron chi connectivity index (χ1n) is 5.50. The van der Waals surface area contributed by atoms with Crippen LogP contribution in [-0.4, -0.2) is 25.5 Å². The third kappa shape index (κ3) is 3.28. The Morgan fingerprint density at radius 1 is 1.30 bits per heavy atom. The number of ether oxygens (including phenoxy) is 1. The fourth-order valence-corrected chi connectivity index (χ4v) is 4.92. The highest BCUT2D eigenvalue weighted by Crippen LogP contribution is 2.30. The summed E-state index contributed by atoms with van der Waals surface area (Å²) in [6, 6.07) is 3.17. The predicted molar refractivity (Wildman–Crippen MR) is 80.9 cm³/mol. The smallest absolute Gasteiger partial charge is 0.265 e. The molecule has 0 saturated heterocycles. The topological polar surface area (TPSA) is 81.2 Å². The van der Waals surface area contributed by atoms with Gasteiger partial charge in [0.05, 0.1) is 10.9 Å². The van der Waals surface area contributed by atoms with E-state index < -0.39 is 10.0 Å². The van der Waals surface area contributed by atoms with Crippen LogP contribution in [-0.2, 0) is 10.0 Å². The molecular weight excluding hydrogens is 366 g/mol. The SMILES string of the molecule is COc1cc(C)nc(NS(=O)(=O)c2cc(Br)sc2C)n1. The van der Waals surface area contributed by atoms with Crippen molar-refractivity contribution in [1.82, 2.24) is 9.97 Å². The van der Waals surface area contributed by atoms with Gasteiger partial charge in [-0.15, -0.1) is 11.3 Å². The van der Waals surface area contributed by atoms with E-state index in [2.05, 4.69) is 30.6 Å². The molecule has 0 bridgehead atoms. The van der Waals surface area contributed by atoms with E-state index in [-0.39, 0.29) is 10.8 Å². The molecule has 0 aliphatic heterocycles. The molecule has 0 aliphatic carbocycles. The van der Waals surface area contributed by atoms with Crippen molar-refractivity contribution >= 4 is 43.2 Å². The molecule has 0 amide bonds. The fourth-order valence-electron chi connectivity index (χ4n) is 1.56. The van der Waals surface area contributed by atoms with Crippen LogP contribution in [0.4, 0.5) is 5.95 Å². The summed E-state index contributed by atoms with van der Waals surface area (Å²) in [6.45, 7) is 3.47. The number of hydrogen-bond acceptors (Lipinski definition) is 6. The number of methoxy groups -OCH3 is 1. The van der Waals surface area contributed by atoms with Gasteiger partial charge in [0, 0.05) is 16.6 Å². The molecule has 108 valence electrons. The normalized spacial score (nSPS) is 11.4. The van der Waals surface area contributed by atoms with Crippen LogP contribution in [0.25, 0.3) is 0 Å². The number of sulfonamides is 1. The predicted octanol–water partition coefficient (Wildman–Crippen LogP) is 2.73. The lowest BCUT2D eigenvalue weighted by Crippen LogP contribution is -2.15. The van der Waals surface area contributed by atoms with Crippen molar-refractivity contribution in [2.24, 2.45) is 0 Å². The van der Waals surface area contributed by atoms with Crippen molar-refractivity contribution in [3.63, 3.8) is 0 Å². The number of nitrogens with zero attached hydrogens (tertiary/aromatic N) is 2. The molecule has 0 fully saturated rings. The van der Waals surface area contributed by atoms with E-state index in [1.165, 1.54) is 18.4 Å². The fraction of sp³-hybridized carbons (Fsp3) is 0.273. The summed E-state index contributed by atoms with van der Waals surface area (Å²) in [7, 11) is -2.26. The largest absolute Gasteiger partial charge is 0.481 e. The van der Waals surface area contributed by atoms with Crippen molar-refractivity contribution in [3.05, 3.63) is 26.5 Å². The van der Waals surface area contributed by atoms with E-state index in [4.69, 9.17) is 4.74 Å². The van der Waals surface area contributed by atoms with Gasteiger partial charge >= 0.3 is 0 Å². The van der Waals surface area contributed by atoms with Gasteiger partial charge in [0.15, 0.2) is 0 Å². The standard InChI is InChI=1S/C11H12BrN3O3S2/c1-6-4-10(18-3)14-11(13-6)15-20(16,17)8-5-9(12)19-7(8)2/h4-5H,1-3H3,(H,13,14,15). The van der Waals surface area contributed by atoms with Crippen LogP contribution in [0.3, 0.4) is 0 Å². The molecule has 9 heteroatoms. The molecular formula is C11H12BrN3O3S2. The number of rotatable bonds is 4. The van der Waals surface area contributed by atoms with Crippen LogP contribution in [0.5, 0.6) is 5.88 Å². The highest BCUT2D eigenvalue weighted by atomic mass is 79.9. The lowest BCUT2D eigenvalue weighted by Gasteiger charge is -2.08. The van der Waals surface area contributed by atoms with Crippen molar-refractivity contribution in [1.29, 1.82) is 0 Å². The summed E-state index contributed by atoms with van der Waals surface area (Å²) in [5, 5.41) is 0. The van der Waals surface area contributed by atoms with E-state index in [1.807, 2.05) is 0 Å².